The standard InChI is InChI=1S/C9H19N3O2/c1-10-6-4-8(13)11-7-5-9(14)12(2)3/h10H,4-7H2,1-3H3,(H,11,13). The smallest absolute Gasteiger partial charge is 0.223 e. The molecule has 2 amide bonds. The molecule has 0 aliphatic carbocycles. The highest BCUT2D eigenvalue weighted by Gasteiger charge is 2.04. The molecule has 0 saturated heterocycles. The van der Waals surface area contributed by atoms with Crippen molar-refractivity contribution in [3.8, 4) is 0 Å². The third-order valence-corrected chi connectivity index (χ3v) is 1.76. The van der Waals surface area contributed by atoms with Crippen LogP contribution in [-0.4, -0.2) is 50.9 Å². The van der Waals surface area contributed by atoms with Gasteiger partial charge in [0.2, 0.25) is 11.8 Å². The van der Waals surface area contributed by atoms with Crippen LogP contribution in [0.1, 0.15) is 12.8 Å². The van der Waals surface area contributed by atoms with Gasteiger partial charge in [-0.05, 0) is 7.05 Å². The van der Waals surface area contributed by atoms with Crippen LogP contribution < -0.4 is 10.6 Å². The van der Waals surface area contributed by atoms with Gasteiger partial charge in [-0.3, -0.25) is 9.59 Å². The highest BCUT2D eigenvalue weighted by Crippen LogP contribution is 1.85. The van der Waals surface area contributed by atoms with Gasteiger partial charge < -0.3 is 15.5 Å². The van der Waals surface area contributed by atoms with E-state index in [1.807, 2.05) is 0 Å². The van der Waals surface area contributed by atoms with Crippen molar-refractivity contribution in [3.05, 3.63) is 0 Å². The molecule has 5 nitrogen and oxygen atoms in total. The van der Waals surface area contributed by atoms with E-state index in [2.05, 4.69) is 10.6 Å². The van der Waals surface area contributed by atoms with E-state index in [4.69, 9.17) is 0 Å². The third-order valence-electron chi connectivity index (χ3n) is 1.76. The number of nitrogens with zero attached hydrogens (tertiary/aromatic N) is 1. The Labute approximate surface area is 84.8 Å². The van der Waals surface area contributed by atoms with Gasteiger partial charge in [0, 0.05) is 40.0 Å². The second kappa shape index (κ2) is 7.32. The van der Waals surface area contributed by atoms with Crippen LogP contribution >= 0.6 is 0 Å². The van der Waals surface area contributed by atoms with Crippen molar-refractivity contribution in [2.45, 2.75) is 12.8 Å². The summed E-state index contributed by atoms with van der Waals surface area (Å²) in [4.78, 5) is 23.7. The Bertz CT molecular complexity index is 192. The summed E-state index contributed by atoms with van der Waals surface area (Å²) in [5, 5.41) is 5.56. The summed E-state index contributed by atoms with van der Waals surface area (Å²) in [6, 6.07) is 0. The van der Waals surface area contributed by atoms with Crippen LogP contribution in [0.5, 0.6) is 0 Å². The van der Waals surface area contributed by atoms with Crippen molar-refractivity contribution in [1.82, 2.24) is 15.5 Å². The minimum Gasteiger partial charge on any atom is -0.356 e. The molecule has 5 heteroatoms. The van der Waals surface area contributed by atoms with Gasteiger partial charge in [-0.2, -0.15) is 0 Å². The average molecular weight is 201 g/mol. The van der Waals surface area contributed by atoms with Gasteiger partial charge in [-0.25, -0.2) is 0 Å². The summed E-state index contributed by atoms with van der Waals surface area (Å²) in [6.45, 7) is 1.08. The Hall–Kier alpha value is -1.10. The molecule has 0 fully saturated rings. The van der Waals surface area contributed by atoms with E-state index in [1.54, 1.807) is 21.1 Å². The van der Waals surface area contributed by atoms with Crippen LogP contribution in [0, 0.1) is 0 Å². The Morgan fingerprint density at radius 3 is 2.29 bits per heavy atom. The first kappa shape index (κ1) is 12.9. The molecule has 14 heavy (non-hydrogen) atoms. The monoisotopic (exact) mass is 201 g/mol. The quantitative estimate of drug-likeness (QED) is 0.591. The summed E-state index contributed by atoms with van der Waals surface area (Å²) in [5.74, 6) is 0.00447. The fraction of sp³-hybridized carbons (Fsp3) is 0.778. The lowest BCUT2D eigenvalue weighted by molar-refractivity contribution is -0.128. The summed E-state index contributed by atoms with van der Waals surface area (Å²) < 4.78 is 0. The minimum absolute atomic E-state index is 0.0223. The van der Waals surface area contributed by atoms with Crippen molar-refractivity contribution < 1.29 is 9.59 Å². The molecule has 0 aromatic heterocycles. The van der Waals surface area contributed by atoms with Gasteiger partial charge in [-0.1, -0.05) is 0 Å². The molecule has 0 saturated carbocycles. The highest BCUT2D eigenvalue weighted by molar-refractivity contribution is 5.78. The number of amides is 2. The maximum Gasteiger partial charge on any atom is 0.223 e. The maximum atomic E-state index is 11.1. The molecule has 0 unspecified atom stereocenters. The molecule has 0 bridgehead atoms. The molecule has 0 aromatic rings. The predicted octanol–water partition coefficient (Wildman–Crippen LogP) is -0.810. The number of hydrogen-bond acceptors (Lipinski definition) is 3. The first-order chi connectivity index (χ1) is 6.57. The minimum atomic E-state index is -0.0223. The lowest BCUT2D eigenvalue weighted by Crippen LogP contribution is -2.31. The largest absolute Gasteiger partial charge is 0.356 e. The molecule has 0 aliphatic rings. The SMILES string of the molecule is CNCCC(=O)NCCC(=O)N(C)C. The molecule has 0 heterocycles. The molecule has 0 aliphatic heterocycles. The number of nitrogens with one attached hydrogen (secondary N) is 2. The van der Waals surface area contributed by atoms with Gasteiger partial charge in [0.15, 0.2) is 0 Å². The fourth-order valence-corrected chi connectivity index (χ4v) is 0.859. The Morgan fingerprint density at radius 2 is 1.79 bits per heavy atom. The van der Waals surface area contributed by atoms with Crippen molar-refractivity contribution in [3.63, 3.8) is 0 Å². The predicted molar refractivity (Wildman–Crippen MR) is 54.9 cm³/mol. The molecule has 0 spiro atoms. The normalized spacial score (nSPS) is 9.64. The molecule has 0 aromatic carbocycles. The first-order valence-corrected chi connectivity index (χ1v) is 4.69. The van der Waals surface area contributed by atoms with Gasteiger partial charge in [0.05, 0.1) is 0 Å². The van der Waals surface area contributed by atoms with Crippen LogP contribution in [0.4, 0.5) is 0 Å². The van der Waals surface area contributed by atoms with Gasteiger partial charge >= 0.3 is 0 Å². The summed E-state index contributed by atoms with van der Waals surface area (Å²) in [7, 11) is 5.19. The van der Waals surface area contributed by atoms with E-state index < -0.39 is 0 Å². The van der Waals surface area contributed by atoms with Crippen molar-refractivity contribution in [2.75, 3.05) is 34.2 Å². The summed E-state index contributed by atoms with van der Waals surface area (Å²) in [5.41, 5.74) is 0. The summed E-state index contributed by atoms with van der Waals surface area (Å²) >= 11 is 0. The number of carbonyl (C=O) groups excluding carboxylic acids is 2. The number of carbonyl (C=O) groups is 2. The second-order valence-electron chi connectivity index (χ2n) is 3.24. The lowest BCUT2D eigenvalue weighted by atomic mass is 10.3. The van der Waals surface area contributed by atoms with Crippen molar-refractivity contribution in [1.29, 1.82) is 0 Å². The topological polar surface area (TPSA) is 61.4 Å². The van der Waals surface area contributed by atoms with Crippen LogP contribution in [0.3, 0.4) is 0 Å². The Kier molecular flexibility index (Phi) is 6.74. The van der Waals surface area contributed by atoms with Crippen LogP contribution in [0.15, 0.2) is 0 Å². The van der Waals surface area contributed by atoms with Crippen LogP contribution in [-0.2, 0) is 9.59 Å². The van der Waals surface area contributed by atoms with E-state index in [1.165, 1.54) is 4.90 Å². The molecular formula is C9H19N3O2. The zero-order valence-electron chi connectivity index (χ0n) is 9.09. The number of rotatable bonds is 6. The van der Waals surface area contributed by atoms with Crippen LogP contribution in [0.2, 0.25) is 0 Å². The van der Waals surface area contributed by atoms with E-state index >= 15 is 0 Å². The summed E-state index contributed by atoms with van der Waals surface area (Å²) in [6.07, 6.45) is 0.810. The van der Waals surface area contributed by atoms with Gasteiger partial charge in [0.25, 0.3) is 0 Å². The van der Waals surface area contributed by atoms with E-state index in [9.17, 15) is 9.59 Å². The number of hydrogen-bond donors (Lipinski definition) is 2. The molecular weight excluding hydrogens is 182 g/mol. The van der Waals surface area contributed by atoms with Crippen molar-refractivity contribution in [2.24, 2.45) is 0 Å². The first-order valence-electron chi connectivity index (χ1n) is 4.69. The second-order valence-corrected chi connectivity index (χ2v) is 3.24. The lowest BCUT2D eigenvalue weighted by Gasteiger charge is -2.10. The highest BCUT2D eigenvalue weighted by atomic mass is 16.2. The Balaban J connectivity index is 3.44. The van der Waals surface area contributed by atoms with Crippen molar-refractivity contribution >= 4 is 11.8 Å². The molecule has 0 radical (unpaired) electrons. The Morgan fingerprint density at radius 1 is 1.14 bits per heavy atom. The molecule has 0 rings (SSSR count). The molecule has 0 atom stereocenters. The van der Waals surface area contributed by atoms with E-state index in [0.717, 1.165) is 0 Å². The van der Waals surface area contributed by atoms with Gasteiger partial charge in [0.1, 0.15) is 0 Å². The zero-order chi connectivity index (χ0) is 11.0. The maximum absolute atomic E-state index is 11.1. The molecule has 82 valence electrons. The zero-order valence-corrected chi connectivity index (χ0v) is 9.09. The van der Waals surface area contributed by atoms with Crippen LogP contribution in [0.25, 0.3) is 0 Å². The molecule has 2 N–H and O–H groups in total. The third kappa shape index (κ3) is 6.42. The van der Waals surface area contributed by atoms with E-state index in [0.29, 0.717) is 25.9 Å². The van der Waals surface area contributed by atoms with Gasteiger partial charge in [-0.15, -0.1) is 0 Å². The van der Waals surface area contributed by atoms with E-state index in [-0.39, 0.29) is 11.8 Å². The average Bonchev–Trinajstić information content (AvgIpc) is 2.14. The fourth-order valence-electron chi connectivity index (χ4n) is 0.859.